The van der Waals surface area contributed by atoms with Crippen molar-refractivity contribution in [3.8, 4) is 0 Å². The van der Waals surface area contributed by atoms with Gasteiger partial charge in [-0.25, -0.2) is 4.79 Å². The van der Waals surface area contributed by atoms with Crippen molar-refractivity contribution in [1.82, 2.24) is 9.80 Å². The Hall–Kier alpha value is -2.08. The first-order valence-electron chi connectivity index (χ1n) is 8.76. The number of ether oxygens (including phenoxy) is 2. The first-order valence-corrected chi connectivity index (χ1v) is 8.76. The molecule has 3 rings (SSSR count). The van der Waals surface area contributed by atoms with E-state index in [1.165, 1.54) is 0 Å². The summed E-state index contributed by atoms with van der Waals surface area (Å²) >= 11 is 0. The lowest BCUT2D eigenvalue weighted by atomic mass is 9.98. The number of likely N-dealkylation sites (tertiary alicyclic amines) is 1. The molecule has 0 aromatic heterocycles. The molecular formula is C19H26N2O4. The van der Waals surface area contributed by atoms with Gasteiger partial charge in [-0.3, -0.25) is 4.79 Å². The molecule has 2 unspecified atom stereocenters. The van der Waals surface area contributed by atoms with Gasteiger partial charge in [0.25, 0.3) is 0 Å². The second-order valence-electron chi connectivity index (χ2n) is 7.64. The Labute approximate surface area is 148 Å². The molecule has 0 aliphatic carbocycles. The van der Waals surface area contributed by atoms with Crippen molar-refractivity contribution in [2.24, 2.45) is 0 Å². The van der Waals surface area contributed by atoms with Crippen molar-refractivity contribution < 1.29 is 19.1 Å². The van der Waals surface area contributed by atoms with Crippen LogP contribution in [0.15, 0.2) is 30.3 Å². The molecule has 6 heteroatoms. The predicted molar refractivity (Wildman–Crippen MR) is 92.9 cm³/mol. The fraction of sp³-hybridized carbons (Fsp3) is 0.579. The minimum absolute atomic E-state index is 0.0277. The summed E-state index contributed by atoms with van der Waals surface area (Å²) in [5, 5.41) is 0. The van der Waals surface area contributed by atoms with E-state index >= 15 is 0 Å². The number of hydrogen-bond acceptors (Lipinski definition) is 4. The summed E-state index contributed by atoms with van der Waals surface area (Å²) in [4.78, 5) is 28.4. The SMILES string of the molecule is CC(C)(C)OC(=O)N1CCC2OCC(=O)N(Cc3ccccc3)C2C1. The summed E-state index contributed by atoms with van der Waals surface area (Å²) in [7, 11) is 0. The Bertz CT molecular complexity index is 626. The zero-order valence-corrected chi connectivity index (χ0v) is 15.1. The third kappa shape index (κ3) is 4.31. The van der Waals surface area contributed by atoms with Gasteiger partial charge in [0.2, 0.25) is 5.91 Å². The molecule has 25 heavy (non-hydrogen) atoms. The zero-order chi connectivity index (χ0) is 18.0. The minimum atomic E-state index is -0.531. The molecule has 1 aromatic carbocycles. The van der Waals surface area contributed by atoms with Gasteiger partial charge in [0.1, 0.15) is 12.2 Å². The molecule has 2 amide bonds. The van der Waals surface area contributed by atoms with Gasteiger partial charge in [0, 0.05) is 19.6 Å². The van der Waals surface area contributed by atoms with Crippen LogP contribution in [0, 0.1) is 0 Å². The van der Waals surface area contributed by atoms with E-state index in [9.17, 15) is 9.59 Å². The lowest BCUT2D eigenvalue weighted by molar-refractivity contribution is -0.164. The highest BCUT2D eigenvalue weighted by atomic mass is 16.6. The van der Waals surface area contributed by atoms with E-state index in [-0.39, 0.29) is 30.8 Å². The van der Waals surface area contributed by atoms with Crippen LogP contribution in [0.3, 0.4) is 0 Å². The van der Waals surface area contributed by atoms with Gasteiger partial charge in [-0.15, -0.1) is 0 Å². The van der Waals surface area contributed by atoms with Gasteiger partial charge >= 0.3 is 6.09 Å². The highest BCUT2D eigenvalue weighted by Gasteiger charge is 2.42. The standard InChI is InChI=1S/C19H26N2O4/c1-19(2,3)25-18(23)20-10-9-16-15(12-20)21(17(22)13-24-16)11-14-7-5-4-6-8-14/h4-8,15-16H,9-13H2,1-3H3. The molecular weight excluding hydrogens is 320 g/mol. The molecule has 6 nitrogen and oxygen atoms in total. The number of piperidine rings is 1. The van der Waals surface area contributed by atoms with Crippen LogP contribution in [0.1, 0.15) is 32.8 Å². The Morgan fingerprint density at radius 3 is 2.68 bits per heavy atom. The van der Waals surface area contributed by atoms with Crippen molar-refractivity contribution in [3.63, 3.8) is 0 Å². The Kier molecular flexibility index (Phi) is 4.99. The van der Waals surface area contributed by atoms with Gasteiger partial charge in [0.15, 0.2) is 0 Å². The van der Waals surface area contributed by atoms with Gasteiger partial charge in [-0.2, -0.15) is 0 Å². The topological polar surface area (TPSA) is 59.1 Å². The molecule has 0 radical (unpaired) electrons. The van der Waals surface area contributed by atoms with Crippen LogP contribution in [0.2, 0.25) is 0 Å². The quantitative estimate of drug-likeness (QED) is 0.825. The predicted octanol–water partition coefficient (Wildman–Crippen LogP) is 2.42. The van der Waals surface area contributed by atoms with E-state index in [4.69, 9.17) is 9.47 Å². The Balaban J connectivity index is 1.73. The monoisotopic (exact) mass is 346 g/mol. The van der Waals surface area contributed by atoms with Crippen molar-refractivity contribution in [2.45, 2.75) is 51.5 Å². The maximum atomic E-state index is 12.4. The highest BCUT2D eigenvalue weighted by molar-refractivity contribution is 5.79. The number of fused-ring (bicyclic) bond motifs is 1. The van der Waals surface area contributed by atoms with E-state index in [0.717, 1.165) is 5.56 Å². The van der Waals surface area contributed by atoms with Crippen LogP contribution in [0.5, 0.6) is 0 Å². The fourth-order valence-electron chi connectivity index (χ4n) is 3.33. The Morgan fingerprint density at radius 1 is 1.28 bits per heavy atom. The van der Waals surface area contributed by atoms with Gasteiger partial charge in [0.05, 0.1) is 12.1 Å². The molecule has 2 fully saturated rings. The summed E-state index contributed by atoms with van der Waals surface area (Å²) in [6.45, 7) is 7.24. The maximum absolute atomic E-state index is 12.4. The van der Waals surface area contributed by atoms with Gasteiger partial charge < -0.3 is 19.3 Å². The molecule has 0 bridgehead atoms. The molecule has 2 heterocycles. The van der Waals surface area contributed by atoms with Crippen LogP contribution in [0.4, 0.5) is 4.79 Å². The van der Waals surface area contributed by atoms with Crippen LogP contribution in [0.25, 0.3) is 0 Å². The Morgan fingerprint density at radius 2 is 2.00 bits per heavy atom. The number of hydrogen-bond donors (Lipinski definition) is 0. The van der Waals surface area contributed by atoms with Gasteiger partial charge in [-0.05, 0) is 32.8 Å². The summed E-state index contributed by atoms with van der Waals surface area (Å²) in [5.74, 6) is -0.0314. The van der Waals surface area contributed by atoms with E-state index < -0.39 is 5.60 Å². The van der Waals surface area contributed by atoms with Crippen molar-refractivity contribution in [1.29, 1.82) is 0 Å². The van der Waals surface area contributed by atoms with Crippen molar-refractivity contribution in [2.75, 3.05) is 19.7 Å². The third-order valence-corrected chi connectivity index (χ3v) is 4.51. The number of benzene rings is 1. The third-order valence-electron chi connectivity index (χ3n) is 4.51. The number of rotatable bonds is 2. The normalized spacial score (nSPS) is 24.0. The van der Waals surface area contributed by atoms with E-state index in [2.05, 4.69) is 0 Å². The smallest absolute Gasteiger partial charge is 0.410 e. The van der Waals surface area contributed by atoms with Crippen LogP contribution >= 0.6 is 0 Å². The molecule has 2 atom stereocenters. The maximum Gasteiger partial charge on any atom is 0.410 e. The summed E-state index contributed by atoms with van der Waals surface area (Å²) in [5.41, 5.74) is 0.544. The van der Waals surface area contributed by atoms with Gasteiger partial charge in [-0.1, -0.05) is 30.3 Å². The largest absolute Gasteiger partial charge is 0.444 e. The molecule has 0 saturated carbocycles. The molecule has 2 saturated heterocycles. The number of nitrogens with zero attached hydrogens (tertiary/aromatic N) is 2. The summed E-state index contributed by atoms with van der Waals surface area (Å²) in [6, 6.07) is 9.76. The van der Waals surface area contributed by atoms with Crippen molar-refractivity contribution >= 4 is 12.0 Å². The lowest BCUT2D eigenvalue weighted by Gasteiger charge is -2.46. The molecule has 1 aromatic rings. The van der Waals surface area contributed by atoms with Crippen LogP contribution in [-0.2, 0) is 20.8 Å². The molecule has 2 aliphatic heterocycles. The minimum Gasteiger partial charge on any atom is -0.444 e. The first-order chi connectivity index (χ1) is 11.8. The summed E-state index contributed by atoms with van der Waals surface area (Å²) < 4.78 is 11.2. The highest BCUT2D eigenvalue weighted by Crippen LogP contribution is 2.26. The fourth-order valence-corrected chi connectivity index (χ4v) is 3.33. The van der Waals surface area contributed by atoms with E-state index in [1.54, 1.807) is 4.90 Å². The molecule has 0 N–H and O–H groups in total. The summed E-state index contributed by atoms with van der Waals surface area (Å²) in [6.07, 6.45) is 0.353. The van der Waals surface area contributed by atoms with E-state index in [1.807, 2.05) is 56.0 Å². The second kappa shape index (κ2) is 7.04. The molecule has 2 aliphatic rings. The van der Waals surface area contributed by atoms with E-state index in [0.29, 0.717) is 26.1 Å². The first kappa shape index (κ1) is 17.7. The number of morpholine rings is 1. The average molecular weight is 346 g/mol. The average Bonchev–Trinajstić information content (AvgIpc) is 2.56. The second-order valence-corrected chi connectivity index (χ2v) is 7.64. The number of carbonyl (C=O) groups excluding carboxylic acids is 2. The van der Waals surface area contributed by atoms with Crippen molar-refractivity contribution in [3.05, 3.63) is 35.9 Å². The number of carbonyl (C=O) groups is 2. The molecule has 0 spiro atoms. The molecule has 136 valence electrons. The number of amides is 2. The van der Waals surface area contributed by atoms with Crippen LogP contribution in [-0.4, -0.2) is 59.2 Å². The zero-order valence-electron chi connectivity index (χ0n) is 15.1. The lowest BCUT2D eigenvalue weighted by Crippen LogP contribution is -2.62. The van der Waals surface area contributed by atoms with Crippen LogP contribution < -0.4 is 0 Å².